The molecule has 3 heterocycles. The standard InChI is InChI=1S/C19H17FN4O3S.H2O/c20-13-5-3-6-14(11-13)23-19(25)17-12-18(28(26,27)22-9-4-10-22)15-7-1-2-8-16(15)24(17)21-23;/h1-3,5-8,11-12,21,25H,4,9-10H2;1H2. The van der Waals surface area contributed by atoms with E-state index in [9.17, 15) is 17.9 Å². The van der Waals surface area contributed by atoms with Crippen LogP contribution in [0.15, 0.2) is 66.2 Å². The van der Waals surface area contributed by atoms with Crippen molar-refractivity contribution in [2.75, 3.05) is 23.1 Å². The van der Waals surface area contributed by atoms with E-state index in [2.05, 4.69) is 5.53 Å². The molecule has 3 aliphatic rings. The van der Waals surface area contributed by atoms with Gasteiger partial charge in [-0.05, 0) is 36.8 Å². The van der Waals surface area contributed by atoms with E-state index in [1.54, 1.807) is 35.3 Å². The highest BCUT2D eigenvalue weighted by molar-refractivity contribution is 7.98. The van der Waals surface area contributed by atoms with Crippen molar-refractivity contribution in [3.8, 4) is 0 Å². The molecule has 1 fully saturated rings. The number of aliphatic hydroxyl groups is 1. The van der Waals surface area contributed by atoms with Crippen LogP contribution in [-0.2, 0) is 10.0 Å². The lowest BCUT2D eigenvalue weighted by molar-refractivity contribution is 0.314. The lowest BCUT2D eigenvalue weighted by atomic mass is 10.1. The van der Waals surface area contributed by atoms with E-state index in [0.717, 1.165) is 6.42 Å². The minimum atomic E-state index is -3.67. The number of nitrogens with zero attached hydrogens (tertiary/aromatic N) is 3. The maximum absolute atomic E-state index is 13.6. The minimum absolute atomic E-state index is 0. The molecule has 4 N–H and O–H groups in total. The Morgan fingerprint density at radius 1 is 1.03 bits per heavy atom. The van der Waals surface area contributed by atoms with E-state index >= 15 is 0 Å². The van der Waals surface area contributed by atoms with Crippen LogP contribution in [0.25, 0.3) is 4.91 Å². The molecule has 29 heavy (non-hydrogen) atoms. The molecule has 1 saturated heterocycles. The zero-order valence-corrected chi connectivity index (χ0v) is 16.0. The largest absolute Gasteiger partial charge is 0.492 e. The van der Waals surface area contributed by atoms with Crippen molar-refractivity contribution in [1.82, 2.24) is 9.84 Å². The van der Waals surface area contributed by atoms with E-state index in [1.165, 1.54) is 33.6 Å². The molecular formula is C19H19FN4O4S. The highest BCUT2D eigenvalue weighted by atomic mass is 32.2. The molecule has 0 aliphatic carbocycles. The van der Waals surface area contributed by atoms with Gasteiger partial charge in [0.15, 0.2) is 0 Å². The number of para-hydroxylation sites is 1. The summed E-state index contributed by atoms with van der Waals surface area (Å²) in [5, 5.41) is 13.7. The van der Waals surface area contributed by atoms with Gasteiger partial charge in [-0.2, -0.15) is 4.31 Å². The number of hydrogen-bond donors (Lipinski definition) is 2. The van der Waals surface area contributed by atoms with Gasteiger partial charge in [0, 0.05) is 18.7 Å². The molecule has 0 amide bonds. The third-order valence-corrected chi connectivity index (χ3v) is 7.00. The molecule has 0 radical (unpaired) electrons. The van der Waals surface area contributed by atoms with Crippen LogP contribution in [0.5, 0.6) is 0 Å². The first kappa shape index (κ1) is 19.4. The van der Waals surface area contributed by atoms with E-state index in [-0.39, 0.29) is 22.0 Å². The summed E-state index contributed by atoms with van der Waals surface area (Å²) in [6.45, 7) is 0.981. The van der Waals surface area contributed by atoms with Gasteiger partial charge in [0.05, 0.1) is 16.3 Å². The van der Waals surface area contributed by atoms with E-state index < -0.39 is 15.8 Å². The molecule has 2 aromatic carbocycles. The Hall–Kier alpha value is -2.92. The summed E-state index contributed by atoms with van der Waals surface area (Å²) in [4.78, 5) is 0.142. The Labute approximate surface area is 167 Å². The Morgan fingerprint density at radius 3 is 2.48 bits per heavy atom. The van der Waals surface area contributed by atoms with Crippen LogP contribution in [0.1, 0.15) is 12.0 Å². The third-order valence-electron chi connectivity index (χ3n) is 5.06. The summed E-state index contributed by atoms with van der Waals surface area (Å²) < 4.78 is 41.2. The van der Waals surface area contributed by atoms with Crippen LogP contribution in [0.3, 0.4) is 0 Å². The maximum Gasteiger partial charge on any atom is 0.243 e. The molecule has 0 bridgehead atoms. The number of halogens is 1. The number of aliphatic hydroxyl groups excluding tert-OH is 1. The van der Waals surface area contributed by atoms with Crippen LogP contribution >= 0.6 is 0 Å². The number of benzene rings is 2. The molecule has 5 rings (SSSR count). The number of anilines is 2. The molecule has 0 atom stereocenters. The Morgan fingerprint density at radius 2 is 1.79 bits per heavy atom. The molecule has 152 valence electrons. The van der Waals surface area contributed by atoms with Gasteiger partial charge in [-0.15, -0.1) is 5.53 Å². The average Bonchev–Trinajstić information content (AvgIpc) is 2.96. The summed E-state index contributed by atoms with van der Waals surface area (Å²) in [7, 11) is -3.67. The Bertz CT molecular complexity index is 1140. The van der Waals surface area contributed by atoms with Crippen LogP contribution in [0.4, 0.5) is 15.8 Å². The van der Waals surface area contributed by atoms with Crippen LogP contribution in [-0.4, -0.2) is 36.4 Å². The van der Waals surface area contributed by atoms with E-state index in [4.69, 9.17) is 0 Å². The number of allylic oxidation sites excluding steroid dienone is 1. The smallest absolute Gasteiger partial charge is 0.243 e. The molecule has 10 heteroatoms. The lowest BCUT2D eigenvalue weighted by Crippen LogP contribution is -2.44. The monoisotopic (exact) mass is 418 g/mol. The molecular weight excluding hydrogens is 399 g/mol. The number of hydrazine groups is 2. The number of sulfonamides is 1. The average molecular weight is 418 g/mol. The fraction of sp³-hybridized carbons (Fsp3) is 0.158. The van der Waals surface area contributed by atoms with Crippen LogP contribution in [0, 0.1) is 5.82 Å². The van der Waals surface area contributed by atoms with Gasteiger partial charge in [0.1, 0.15) is 11.5 Å². The van der Waals surface area contributed by atoms with Crippen LogP contribution < -0.4 is 15.6 Å². The second-order valence-electron chi connectivity index (χ2n) is 6.74. The fourth-order valence-corrected chi connectivity index (χ4v) is 5.21. The van der Waals surface area contributed by atoms with Gasteiger partial charge >= 0.3 is 0 Å². The number of rotatable bonds is 3. The van der Waals surface area contributed by atoms with Crippen molar-refractivity contribution >= 4 is 26.3 Å². The second-order valence-corrected chi connectivity index (χ2v) is 8.65. The number of fused-ring (bicyclic) bond motifs is 3. The summed E-state index contributed by atoms with van der Waals surface area (Å²) in [5.74, 6) is -0.657. The van der Waals surface area contributed by atoms with Crippen molar-refractivity contribution in [2.45, 2.75) is 6.42 Å². The zero-order valence-electron chi connectivity index (χ0n) is 15.2. The normalized spacial score (nSPS) is 18.6. The molecule has 0 aromatic heterocycles. The SMILES string of the molecule is O.O=S(=O)(C1=CC2=C(O)N(c3cccc(F)c3)NN2c2ccccc21)N1CCC1. The zero-order chi connectivity index (χ0) is 19.5. The fourth-order valence-electron chi connectivity index (χ4n) is 3.48. The Kier molecular flexibility index (Phi) is 4.58. The van der Waals surface area contributed by atoms with Crippen molar-refractivity contribution < 1.29 is 23.4 Å². The minimum Gasteiger partial charge on any atom is -0.492 e. The van der Waals surface area contributed by atoms with E-state index in [0.29, 0.717) is 30.0 Å². The van der Waals surface area contributed by atoms with Gasteiger partial charge in [0.25, 0.3) is 0 Å². The molecule has 0 spiro atoms. The van der Waals surface area contributed by atoms with Gasteiger partial charge in [-0.3, -0.25) is 5.01 Å². The Balaban J connectivity index is 0.00000205. The highest BCUT2D eigenvalue weighted by Crippen LogP contribution is 2.42. The summed E-state index contributed by atoms with van der Waals surface area (Å²) in [5.41, 5.74) is 4.79. The molecule has 0 saturated carbocycles. The highest BCUT2D eigenvalue weighted by Gasteiger charge is 2.40. The van der Waals surface area contributed by atoms with Gasteiger partial charge in [-0.25, -0.2) is 17.8 Å². The predicted molar refractivity (Wildman–Crippen MR) is 107 cm³/mol. The summed E-state index contributed by atoms with van der Waals surface area (Å²) in [6.07, 6.45) is 2.29. The molecule has 3 aliphatic heterocycles. The summed E-state index contributed by atoms with van der Waals surface area (Å²) in [6, 6.07) is 12.8. The van der Waals surface area contributed by atoms with Crippen molar-refractivity contribution in [2.24, 2.45) is 0 Å². The van der Waals surface area contributed by atoms with Crippen molar-refractivity contribution in [3.63, 3.8) is 0 Å². The van der Waals surface area contributed by atoms with Crippen LogP contribution in [0.2, 0.25) is 0 Å². The van der Waals surface area contributed by atoms with E-state index in [1.807, 2.05) is 0 Å². The number of nitrogens with one attached hydrogen (secondary N) is 1. The first-order valence-corrected chi connectivity index (χ1v) is 10.3. The van der Waals surface area contributed by atoms with Crippen molar-refractivity contribution in [3.05, 3.63) is 77.6 Å². The predicted octanol–water partition coefficient (Wildman–Crippen LogP) is 1.86. The lowest BCUT2D eigenvalue weighted by Gasteiger charge is -2.34. The molecule has 2 aromatic rings. The molecule has 8 nitrogen and oxygen atoms in total. The topological polar surface area (TPSA) is 108 Å². The third kappa shape index (κ3) is 2.88. The maximum atomic E-state index is 13.6. The summed E-state index contributed by atoms with van der Waals surface area (Å²) >= 11 is 0. The number of hydrogen-bond acceptors (Lipinski definition) is 6. The van der Waals surface area contributed by atoms with Crippen molar-refractivity contribution in [1.29, 1.82) is 0 Å². The molecule has 0 unspecified atom stereocenters. The first-order chi connectivity index (χ1) is 13.5. The second kappa shape index (κ2) is 6.85. The quantitative estimate of drug-likeness (QED) is 0.788. The first-order valence-electron chi connectivity index (χ1n) is 8.83. The van der Waals surface area contributed by atoms with Gasteiger partial charge in [0.2, 0.25) is 15.9 Å². The van der Waals surface area contributed by atoms with Gasteiger partial charge < -0.3 is 10.6 Å². The van der Waals surface area contributed by atoms with Gasteiger partial charge in [-0.1, -0.05) is 24.3 Å².